The van der Waals surface area contributed by atoms with Crippen molar-refractivity contribution >= 4 is 43.1 Å². The van der Waals surface area contributed by atoms with Gasteiger partial charge in [-0.1, -0.05) is 86.6 Å². The molecule has 0 nitrogen and oxygen atoms in total. The van der Waals surface area contributed by atoms with Crippen LogP contribution in [0.15, 0.2) is 97.1 Å². The minimum Gasteiger partial charge on any atom is -0.0616 e. The number of fused-ring (bicyclic) bond motifs is 10. The van der Waals surface area contributed by atoms with Gasteiger partial charge in [0, 0.05) is 5.41 Å². The van der Waals surface area contributed by atoms with Crippen LogP contribution in [0.2, 0.25) is 0 Å². The minimum atomic E-state index is -0.0475. The van der Waals surface area contributed by atoms with Crippen molar-refractivity contribution in [3.05, 3.63) is 108 Å². The monoisotopic (exact) mass is 394 g/mol. The molecule has 7 rings (SSSR count). The zero-order valence-corrected chi connectivity index (χ0v) is 17.7. The van der Waals surface area contributed by atoms with Gasteiger partial charge in [0.05, 0.1) is 0 Å². The van der Waals surface area contributed by atoms with Gasteiger partial charge in [0.2, 0.25) is 0 Å². The molecule has 0 atom stereocenters. The molecule has 0 N–H and O–H groups in total. The second-order valence-corrected chi connectivity index (χ2v) is 9.41. The summed E-state index contributed by atoms with van der Waals surface area (Å²) in [7, 11) is 0. The molecular formula is C31H22. The number of hydrogen-bond acceptors (Lipinski definition) is 0. The van der Waals surface area contributed by atoms with Crippen molar-refractivity contribution in [2.45, 2.75) is 19.3 Å². The Hall–Kier alpha value is -3.64. The first-order chi connectivity index (χ1) is 15.1. The van der Waals surface area contributed by atoms with Crippen LogP contribution in [-0.4, -0.2) is 0 Å². The molecule has 146 valence electrons. The lowest BCUT2D eigenvalue weighted by molar-refractivity contribution is 0.667. The molecule has 0 heteroatoms. The van der Waals surface area contributed by atoms with Crippen LogP contribution in [-0.2, 0) is 5.41 Å². The summed E-state index contributed by atoms with van der Waals surface area (Å²) in [6.45, 7) is 4.79. The van der Waals surface area contributed by atoms with Crippen molar-refractivity contribution in [3.63, 3.8) is 0 Å². The highest BCUT2D eigenvalue weighted by molar-refractivity contribution is 6.19. The maximum Gasteiger partial charge on any atom is 0.0165 e. The topological polar surface area (TPSA) is 0 Å². The number of hydrogen-bond donors (Lipinski definition) is 0. The smallest absolute Gasteiger partial charge is 0.0165 e. The molecule has 0 heterocycles. The van der Waals surface area contributed by atoms with Gasteiger partial charge in [-0.15, -0.1) is 0 Å². The molecule has 0 saturated heterocycles. The lowest BCUT2D eigenvalue weighted by Crippen LogP contribution is -2.15. The highest BCUT2D eigenvalue weighted by Gasteiger charge is 2.38. The molecule has 0 unspecified atom stereocenters. The van der Waals surface area contributed by atoms with Crippen LogP contribution in [0.3, 0.4) is 0 Å². The summed E-state index contributed by atoms with van der Waals surface area (Å²) in [4.78, 5) is 0. The van der Waals surface area contributed by atoms with Gasteiger partial charge in [-0.25, -0.2) is 0 Å². The normalized spacial score (nSPS) is 14.4. The van der Waals surface area contributed by atoms with E-state index in [2.05, 4.69) is 111 Å². The Morgan fingerprint density at radius 3 is 1.68 bits per heavy atom. The van der Waals surface area contributed by atoms with Crippen LogP contribution < -0.4 is 0 Å². The van der Waals surface area contributed by atoms with E-state index < -0.39 is 0 Å². The van der Waals surface area contributed by atoms with Gasteiger partial charge < -0.3 is 0 Å². The van der Waals surface area contributed by atoms with Gasteiger partial charge in [0.1, 0.15) is 0 Å². The number of benzene rings is 6. The fourth-order valence-corrected chi connectivity index (χ4v) is 5.92. The Morgan fingerprint density at radius 1 is 0.484 bits per heavy atom. The lowest BCUT2D eigenvalue weighted by atomic mass is 9.79. The van der Waals surface area contributed by atoms with E-state index in [9.17, 15) is 0 Å². The fourth-order valence-electron chi connectivity index (χ4n) is 5.92. The maximum atomic E-state index is 2.45. The van der Waals surface area contributed by atoms with E-state index >= 15 is 0 Å². The summed E-state index contributed by atoms with van der Waals surface area (Å²) in [5.41, 5.74) is 5.67. The molecule has 0 bridgehead atoms. The Labute approximate surface area is 181 Å². The summed E-state index contributed by atoms with van der Waals surface area (Å²) in [5, 5.41) is 10.7. The molecule has 6 aromatic carbocycles. The van der Waals surface area contributed by atoms with E-state index in [1.807, 2.05) is 0 Å². The maximum absolute atomic E-state index is 2.45. The van der Waals surface area contributed by atoms with E-state index in [1.165, 1.54) is 65.3 Å². The molecule has 6 aromatic rings. The first kappa shape index (κ1) is 17.1. The molecular weight excluding hydrogens is 372 g/mol. The predicted octanol–water partition coefficient (Wildman–Crippen LogP) is 8.61. The molecule has 1 aliphatic carbocycles. The summed E-state index contributed by atoms with van der Waals surface area (Å²) in [6, 6.07) is 36.1. The van der Waals surface area contributed by atoms with Crippen LogP contribution >= 0.6 is 0 Å². The molecule has 31 heavy (non-hydrogen) atoms. The van der Waals surface area contributed by atoms with Crippen LogP contribution in [0.1, 0.15) is 25.0 Å². The van der Waals surface area contributed by atoms with Gasteiger partial charge in [0.15, 0.2) is 0 Å². The van der Waals surface area contributed by atoms with Crippen molar-refractivity contribution in [2.75, 3.05) is 0 Å². The quantitative estimate of drug-likeness (QED) is 0.179. The van der Waals surface area contributed by atoms with Gasteiger partial charge in [-0.3, -0.25) is 0 Å². The van der Waals surface area contributed by atoms with Gasteiger partial charge >= 0.3 is 0 Å². The van der Waals surface area contributed by atoms with Gasteiger partial charge in [0.25, 0.3) is 0 Å². The van der Waals surface area contributed by atoms with Crippen molar-refractivity contribution < 1.29 is 0 Å². The second kappa shape index (κ2) is 5.74. The van der Waals surface area contributed by atoms with Crippen molar-refractivity contribution in [2.24, 2.45) is 0 Å². The van der Waals surface area contributed by atoms with Crippen molar-refractivity contribution in [1.82, 2.24) is 0 Å². The molecule has 0 saturated carbocycles. The first-order valence-electron chi connectivity index (χ1n) is 11.0. The zero-order valence-electron chi connectivity index (χ0n) is 17.7. The fraction of sp³-hybridized carbons (Fsp3) is 0.0968. The third-order valence-electron chi connectivity index (χ3n) is 7.34. The SMILES string of the molecule is CC1(C)c2cc3cc4ccccc4cc3cc2-c2c1c1ccccc1c1ccccc21. The number of rotatable bonds is 0. The molecule has 0 amide bonds. The largest absolute Gasteiger partial charge is 0.0616 e. The Balaban J connectivity index is 1.69. The average molecular weight is 395 g/mol. The third kappa shape index (κ3) is 2.15. The summed E-state index contributed by atoms with van der Waals surface area (Å²) in [5.74, 6) is 0. The van der Waals surface area contributed by atoms with E-state index in [0.29, 0.717) is 0 Å². The predicted molar refractivity (Wildman–Crippen MR) is 134 cm³/mol. The standard InChI is InChI=1S/C31H22/c1-31(2)28-18-22-16-20-10-4-3-9-19(20)15-21(22)17-27(28)29-25-13-7-5-11-23(25)24-12-6-8-14-26(24)30(29)31/h3-18H,1-2H3. The highest BCUT2D eigenvalue weighted by atomic mass is 14.4. The summed E-state index contributed by atoms with van der Waals surface area (Å²) in [6.07, 6.45) is 0. The van der Waals surface area contributed by atoms with E-state index in [-0.39, 0.29) is 5.41 Å². The second-order valence-electron chi connectivity index (χ2n) is 9.41. The molecule has 0 aliphatic heterocycles. The minimum absolute atomic E-state index is 0.0475. The summed E-state index contributed by atoms with van der Waals surface area (Å²) >= 11 is 0. The lowest BCUT2D eigenvalue weighted by Gasteiger charge is -2.24. The molecule has 0 spiro atoms. The van der Waals surface area contributed by atoms with E-state index in [0.717, 1.165) is 0 Å². The Morgan fingerprint density at radius 2 is 1.00 bits per heavy atom. The first-order valence-corrected chi connectivity index (χ1v) is 11.0. The molecule has 0 aromatic heterocycles. The van der Waals surface area contributed by atoms with Crippen molar-refractivity contribution in [3.8, 4) is 11.1 Å². The van der Waals surface area contributed by atoms with Gasteiger partial charge in [-0.05, 0) is 89.6 Å². The highest BCUT2D eigenvalue weighted by Crippen LogP contribution is 2.55. The molecule has 1 aliphatic rings. The Bertz CT molecular complexity index is 1700. The molecule has 0 fully saturated rings. The van der Waals surface area contributed by atoms with E-state index in [1.54, 1.807) is 0 Å². The third-order valence-corrected chi connectivity index (χ3v) is 7.34. The van der Waals surface area contributed by atoms with E-state index in [4.69, 9.17) is 0 Å². The summed E-state index contributed by atoms with van der Waals surface area (Å²) < 4.78 is 0. The average Bonchev–Trinajstić information content (AvgIpc) is 3.03. The van der Waals surface area contributed by atoms with Gasteiger partial charge in [-0.2, -0.15) is 0 Å². The van der Waals surface area contributed by atoms with Crippen molar-refractivity contribution in [1.29, 1.82) is 0 Å². The zero-order chi connectivity index (χ0) is 20.7. The van der Waals surface area contributed by atoms with Crippen LogP contribution in [0, 0.1) is 0 Å². The Kier molecular flexibility index (Phi) is 3.16. The van der Waals surface area contributed by atoms with Crippen LogP contribution in [0.25, 0.3) is 54.2 Å². The van der Waals surface area contributed by atoms with Crippen LogP contribution in [0.4, 0.5) is 0 Å². The van der Waals surface area contributed by atoms with Crippen LogP contribution in [0.5, 0.6) is 0 Å². The molecule has 0 radical (unpaired) electrons.